The number of carbonyl (C=O) groups is 1. The van der Waals surface area contributed by atoms with Gasteiger partial charge >= 0.3 is 6.18 Å². The Labute approximate surface area is 128 Å². The van der Waals surface area contributed by atoms with E-state index in [1.807, 2.05) is 0 Å². The Morgan fingerprint density at radius 1 is 1.32 bits per heavy atom. The van der Waals surface area contributed by atoms with Crippen LogP contribution in [0.3, 0.4) is 0 Å². The minimum absolute atomic E-state index is 0.0624. The highest BCUT2D eigenvalue weighted by molar-refractivity contribution is 7.15. The average molecular weight is 353 g/mol. The van der Waals surface area contributed by atoms with Gasteiger partial charge in [-0.1, -0.05) is 22.9 Å². The van der Waals surface area contributed by atoms with Crippen molar-refractivity contribution in [2.45, 2.75) is 6.18 Å². The Morgan fingerprint density at radius 2 is 2.00 bits per heavy atom. The number of aromatic nitrogens is 2. The Kier molecular flexibility index (Phi) is 4.28. The van der Waals surface area contributed by atoms with E-state index < -0.39 is 27.7 Å². The Bertz CT molecular complexity index is 749. The van der Waals surface area contributed by atoms with Crippen LogP contribution in [0.1, 0.15) is 15.4 Å². The van der Waals surface area contributed by atoms with Crippen LogP contribution in [0.2, 0.25) is 5.02 Å². The van der Waals surface area contributed by atoms with Crippen molar-refractivity contribution in [1.82, 2.24) is 10.2 Å². The number of carbonyl (C=O) groups excluding carboxylic acids is 1. The summed E-state index contributed by atoms with van der Waals surface area (Å²) < 4.78 is 37.1. The molecule has 7 nitrogen and oxygen atoms in total. The van der Waals surface area contributed by atoms with Crippen LogP contribution >= 0.6 is 22.9 Å². The molecule has 0 aliphatic carbocycles. The standard InChI is InChI=1S/C10H4ClF3N4O3S/c11-5-1-4(2-6(3-5)18(20)21)7(19)15-9-17-16-8(22-9)10(12,13)14/h1-3H,(H,15,17,19). The number of nitro groups is 1. The minimum Gasteiger partial charge on any atom is -0.296 e. The number of hydrogen-bond donors (Lipinski definition) is 1. The van der Waals surface area contributed by atoms with E-state index in [1.54, 1.807) is 0 Å². The quantitative estimate of drug-likeness (QED) is 0.674. The zero-order chi connectivity index (χ0) is 16.5. The zero-order valence-electron chi connectivity index (χ0n) is 10.2. The second kappa shape index (κ2) is 5.85. The van der Waals surface area contributed by atoms with Gasteiger partial charge in [0.1, 0.15) is 0 Å². The Balaban J connectivity index is 2.22. The lowest BCUT2D eigenvalue weighted by Crippen LogP contribution is -2.12. The molecule has 0 aliphatic heterocycles. The fourth-order valence-corrected chi connectivity index (χ4v) is 2.20. The van der Waals surface area contributed by atoms with Crippen molar-refractivity contribution in [1.29, 1.82) is 0 Å². The normalized spacial score (nSPS) is 11.3. The fourth-order valence-electron chi connectivity index (χ4n) is 1.37. The van der Waals surface area contributed by atoms with Gasteiger partial charge in [0, 0.05) is 22.7 Å². The van der Waals surface area contributed by atoms with Crippen LogP contribution in [0, 0.1) is 10.1 Å². The largest absolute Gasteiger partial charge is 0.445 e. The first-order chi connectivity index (χ1) is 10.2. The van der Waals surface area contributed by atoms with Crippen LogP contribution in [0.15, 0.2) is 18.2 Å². The van der Waals surface area contributed by atoms with Crippen molar-refractivity contribution in [2.75, 3.05) is 5.32 Å². The van der Waals surface area contributed by atoms with Crippen LogP contribution in [-0.4, -0.2) is 21.0 Å². The second-order valence-electron chi connectivity index (χ2n) is 3.82. The fraction of sp³-hybridized carbons (Fsp3) is 0.100. The smallest absolute Gasteiger partial charge is 0.296 e. The second-order valence-corrected chi connectivity index (χ2v) is 5.23. The van der Waals surface area contributed by atoms with E-state index in [1.165, 1.54) is 0 Å². The molecule has 1 aromatic heterocycles. The van der Waals surface area contributed by atoms with Gasteiger partial charge in [-0.15, -0.1) is 10.2 Å². The lowest BCUT2D eigenvalue weighted by molar-refractivity contribution is -0.384. The first-order valence-corrected chi connectivity index (χ1v) is 6.53. The van der Waals surface area contributed by atoms with Gasteiger partial charge in [-0.05, 0) is 6.07 Å². The minimum atomic E-state index is -4.67. The molecule has 1 aromatic carbocycles. The summed E-state index contributed by atoms with van der Waals surface area (Å²) in [6, 6.07) is 3.10. The zero-order valence-corrected chi connectivity index (χ0v) is 11.8. The summed E-state index contributed by atoms with van der Waals surface area (Å²) in [5.74, 6) is -0.893. The van der Waals surface area contributed by atoms with E-state index >= 15 is 0 Å². The van der Waals surface area contributed by atoms with Crippen LogP contribution in [-0.2, 0) is 6.18 Å². The first kappa shape index (κ1) is 16.1. The van der Waals surface area contributed by atoms with Crippen LogP contribution in [0.25, 0.3) is 0 Å². The maximum absolute atomic E-state index is 12.4. The molecule has 12 heteroatoms. The van der Waals surface area contributed by atoms with E-state index in [2.05, 4.69) is 15.5 Å². The van der Waals surface area contributed by atoms with E-state index in [-0.39, 0.29) is 27.1 Å². The molecule has 2 rings (SSSR count). The highest BCUT2D eigenvalue weighted by atomic mass is 35.5. The van der Waals surface area contributed by atoms with E-state index in [4.69, 9.17) is 11.6 Å². The number of nitrogens with one attached hydrogen (secondary N) is 1. The molecule has 0 saturated carbocycles. The maximum atomic E-state index is 12.4. The summed E-state index contributed by atoms with van der Waals surface area (Å²) in [7, 11) is 0. The Morgan fingerprint density at radius 3 is 2.55 bits per heavy atom. The van der Waals surface area contributed by atoms with Gasteiger partial charge in [0.15, 0.2) is 0 Å². The third kappa shape index (κ3) is 3.68. The molecule has 0 radical (unpaired) electrons. The van der Waals surface area contributed by atoms with Gasteiger partial charge < -0.3 is 0 Å². The Hall–Kier alpha value is -2.27. The third-order valence-corrected chi connectivity index (χ3v) is 3.35. The molecular formula is C10H4ClF3N4O3S. The van der Waals surface area contributed by atoms with Crippen molar-refractivity contribution in [3.8, 4) is 0 Å². The molecule has 0 unspecified atom stereocenters. The monoisotopic (exact) mass is 352 g/mol. The molecule has 1 heterocycles. The van der Waals surface area contributed by atoms with Gasteiger partial charge in [0.05, 0.1) is 4.92 Å². The average Bonchev–Trinajstić information content (AvgIpc) is 2.86. The van der Waals surface area contributed by atoms with Gasteiger partial charge in [-0.2, -0.15) is 13.2 Å². The molecule has 0 aliphatic rings. The van der Waals surface area contributed by atoms with Crippen LogP contribution in [0.5, 0.6) is 0 Å². The maximum Gasteiger partial charge on any atom is 0.445 e. The molecule has 1 amide bonds. The number of non-ortho nitro benzene ring substituents is 1. The van der Waals surface area contributed by atoms with E-state index in [0.717, 1.165) is 18.2 Å². The summed E-state index contributed by atoms with van der Waals surface area (Å²) in [5.41, 5.74) is -0.617. The van der Waals surface area contributed by atoms with Gasteiger partial charge in [0.25, 0.3) is 11.6 Å². The summed E-state index contributed by atoms with van der Waals surface area (Å²) in [6.45, 7) is 0. The number of benzene rings is 1. The number of halogens is 4. The lowest BCUT2D eigenvalue weighted by Gasteiger charge is -2.02. The molecule has 0 fully saturated rings. The number of amides is 1. The van der Waals surface area contributed by atoms with Gasteiger partial charge in [-0.25, -0.2) is 0 Å². The number of rotatable bonds is 3. The van der Waals surface area contributed by atoms with Crippen LogP contribution < -0.4 is 5.32 Å². The third-order valence-electron chi connectivity index (χ3n) is 2.24. The number of alkyl halides is 3. The lowest BCUT2D eigenvalue weighted by atomic mass is 10.2. The summed E-state index contributed by atoms with van der Waals surface area (Å²) >= 11 is 5.78. The molecule has 0 bridgehead atoms. The van der Waals surface area contributed by atoms with Crippen molar-refractivity contribution < 1.29 is 22.9 Å². The number of hydrogen-bond acceptors (Lipinski definition) is 6. The summed E-state index contributed by atoms with van der Waals surface area (Å²) in [5, 5.41) is 17.1. The van der Waals surface area contributed by atoms with Crippen molar-refractivity contribution >= 4 is 39.7 Å². The highest BCUT2D eigenvalue weighted by Gasteiger charge is 2.35. The van der Waals surface area contributed by atoms with Gasteiger partial charge in [0.2, 0.25) is 10.1 Å². The van der Waals surface area contributed by atoms with Gasteiger partial charge in [-0.3, -0.25) is 20.2 Å². The first-order valence-electron chi connectivity index (χ1n) is 5.34. The van der Waals surface area contributed by atoms with E-state index in [0.29, 0.717) is 0 Å². The molecule has 2 aromatic rings. The number of nitrogens with zero attached hydrogens (tertiary/aromatic N) is 3. The highest BCUT2D eigenvalue weighted by Crippen LogP contribution is 2.33. The molecule has 22 heavy (non-hydrogen) atoms. The SMILES string of the molecule is O=C(Nc1nnc(C(F)(F)F)s1)c1cc(Cl)cc([N+](=O)[O-])c1. The predicted molar refractivity (Wildman–Crippen MR) is 71.0 cm³/mol. The molecule has 0 spiro atoms. The molecule has 1 N–H and O–H groups in total. The number of anilines is 1. The van der Waals surface area contributed by atoms with Crippen molar-refractivity contribution in [2.24, 2.45) is 0 Å². The molecule has 0 saturated heterocycles. The van der Waals surface area contributed by atoms with E-state index in [9.17, 15) is 28.1 Å². The predicted octanol–water partition coefficient (Wildman–Crippen LogP) is 3.37. The topological polar surface area (TPSA) is 98.0 Å². The molecule has 0 atom stereocenters. The van der Waals surface area contributed by atoms with Crippen molar-refractivity contribution in [3.05, 3.63) is 43.9 Å². The molecule has 116 valence electrons. The number of nitro benzene ring substituents is 1. The van der Waals surface area contributed by atoms with Crippen molar-refractivity contribution in [3.63, 3.8) is 0 Å². The summed E-state index contributed by atoms with van der Waals surface area (Å²) in [6.07, 6.45) is -4.67. The van der Waals surface area contributed by atoms with Crippen LogP contribution in [0.4, 0.5) is 24.0 Å². The molecular weight excluding hydrogens is 349 g/mol. The summed E-state index contributed by atoms with van der Waals surface area (Å²) in [4.78, 5) is 21.8.